The van der Waals surface area contributed by atoms with Crippen LogP contribution in [-0.4, -0.2) is 9.78 Å². The maximum Gasteiger partial charge on any atom is 0.435 e. The Kier molecular flexibility index (Phi) is 3.88. The zero-order chi connectivity index (χ0) is 14.9. The van der Waals surface area contributed by atoms with Crippen molar-refractivity contribution in [2.45, 2.75) is 39.3 Å². The molecule has 2 rings (SSSR count). The average Bonchev–Trinajstić information content (AvgIpc) is 2.83. The monoisotopic (exact) mass is 282 g/mol. The van der Waals surface area contributed by atoms with Gasteiger partial charge in [0.05, 0.1) is 5.69 Å². The van der Waals surface area contributed by atoms with Crippen molar-refractivity contribution in [1.82, 2.24) is 9.78 Å². The highest BCUT2D eigenvalue weighted by molar-refractivity contribution is 5.37. The quantitative estimate of drug-likeness (QED) is 0.797. The van der Waals surface area contributed by atoms with Crippen molar-refractivity contribution in [2.24, 2.45) is 0 Å². The Labute approximate surface area is 116 Å². The van der Waals surface area contributed by atoms with Gasteiger partial charge in [-0.25, -0.2) is 4.68 Å². The van der Waals surface area contributed by atoms with Gasteiger partial charge in [-0.15, -0.1) is 0 Å². The van der Waals surface area contributed by atoms with Gasteiger partial charge in [0, 0.05) is 5.69 Å². The zero-order valence-electron chi connectivity index (χ0n) is 11.7. The molecule has 2 nitrogen and oxygen atoms in total. The predicted molar refractivity (Wildman–Crippen MR) is 72.0 cm³/mol. The normalized spacial score (nSPS) is 13.5. The molecule has 5 heteroatoms. The predicted octanol–water partition coefficient (Wildman–Crippen LogP) is 4.71. The van der Waals surface area contributed by atoms with Crippen LogP contribution in [0.15, 0.2) is 30.3 Å². The molecule has 0 aliphatic rings. The Morgan fingerprint density at radius 1 is 1.20 bits per heavy atom. The van der Waals surface area contributed by atoms with Crippen molar-refractivity contribution >= 4 is 0 Å². The molecule has 0 radical (unpaired) electrons. The smallest absolute Gasteiger partial charge is 0.237 e. The Morgan fingerprint density at radius 2 is 1.80 bits per heavy atom. The van der Waals surface area contributed by atoms with Crippen LogP contribution >= 0.6 is 0 Å². The Morgan fingerprint density at radius 3 is 2.30 bits per heavy atom. The van der Waals surface area contributed by atoms with Crippen molar-refractivity contribution in [3.05, 3.63) is 47.3 Å². The van der Waals surface area contributed by atoms with Gasteiger partial charge in [-0.2, -0.15) is 18.3 Å². The van der Waals surface area contributed by atoms with Crippen molar-refractivity contribution in [3.8, 4) is 5.69 Å². The van der Waals surface area contributed by atoms with Crippen molar-refractivity contribution < 1.29 is 13.2 Å². The molecule has 1 heterocycles. The fourth-order valence-corrected chi connectivity index (χ4v) is 1.99. The lowest BCUT2D eigenvalue weighted by Crippen LogP contribution is -2.08. The SMILES string of the molecule is CCC(C)c1cc(C(F)(F)F)nn1-c1ccc(C)cc1. The zero-order valence-corrected chi connectivity index (χ0v) is 11.7. The van der Waals surface area contributed by atoms with E-state index in [1.54, 1.807) is 12.1 Å². The Balaban J connectivity index is 2.55. The number of nitrogens with zero attached hydrogens (tertiary/aromatic N) is 2. The molecule has 1 unspecified atom stereocenters. The van der Waals surface area contributed by atoms with Crippen LogP contribution in [0.25, 0.3) is 5.69 Å². The molecule has 0 bridgehead atoms. The molecule has 0 aliphatic heterocycles. The Hall–Kier alpha value is -1.78. The largest absolute Gasteiger partial charge is 0.435 e. The van der Waals surface area contributed by atoms with Gasteiger partial charge < -0.3 is 0 Å². The summed E-state index contributed by atoms with van der Waals surface area (Å²) in [5, 5.41) is 3.74. The number of aryl methyl sites for hydroxylation is 1. The molecule has 1 atom stereocenters. The third kappa shape index (κ3) is 2.86. The van der Waals surface area contributed by atoms with E-state index in [0.717, 1.165) is 18.1 Å². The van der Waals surface area contributed by atoms with E-state index in [1.807, 2.05) is 32.9 Å². The van der Waals surface area contributed by atoms with Crippen LogP contribution in [0, 0.1) is 6.92 Å². The van der Waals surface area contributed by atoms with E-state index in [4.69, 9.17) is 0 Å². The molecule has 20 heavy (non-hydrogen) atoms. The first-order chi connectivity index (χ1) is 9.32. The summed E-state index contributed by atoms with van der Waals surface area (Å²) in [5.41, 5.74) is 1.46. The van der Waals surface area contributed by atoms with Crippen LogP contribution in [0.3, 0.4) is 0 Å². The Bertz CT molecular complexity index is 582. The molecule has 108 valence electrons. The minimum Gasteiger partial charge on any atom is -0.237 e. The maximum absolute atomic E-state index is 12.9. The van der Waals surface area contributed by atoms with Gasteiger partial charge >= 0.3 is 6.18 Å². The van der Waals surface area contributed by atoms with Crippen LogP contribution in [-0.2, 0) is 6.18 Å². The van der Waals surface area contributed by atoms with Gasteiger partial charge in [-0.05, 0) is 37.5 Å². The highest BCUT2D eigenvalue weighted by Gasteiger charge is 2.35. The van der Waals surface area contributed by atoms with E-state index in [9.17, 15) is 13.2 Å². The van der Waals surface area contributed by atoms with Crippen molar-refractivity contribution in [2.75, 3.05) is 0 Å². The van der Waals surface area contributed by atoms with E-state index in [2.05, 4.69) is 5.10 Å². The minimum absolute atomic E-state index is 0.0138. The van der Waals surface area contributed by atoms with Gasteiger partial charge in [-0.3, -0.25) is 0 Å². The molecule has 0 N–H and O–H groups in total. The molecule has 1 aromatic carbocycles. The summed E-state index contributed by atoms with van der Waals surface area (Å²) in [6, 6.07) is 8.45. The molecule has 0 spiro atoms. The van der Waals surface area contributed by atoms with Crippen LogP contribution in [0.2, 0.25) is 0 Å². The molecule has 1 aromatic heterocycles. The molecule has 0 amide bonds. The molecular formula is C15H17F3N2. The second kappa shape index (κ2) is 5.31. The molecular weight excluding hydrogens is 265 g/mol. The van der Waals surface area contributed by atoms with E-state index >= 15 is 0 Å². The van der Waals surface area contributed by atoms with Crippen LogP contribution in [0.4, 0.5) is 13.2 Å². The number of aromatic nitrogens is 2. The van der Waals surface area contributed by atoms with E-state index in [1.165, 1.54) is 4.68 Å². The fraction of sp³-hybridized carbons (Fsp3) is 0.400. The molecule has 0 aliphatic carbocycles. The van der Waals surface area contributed by atoms with Crippen LogP contribution in [0.1, 0.15) is 43.1 Å². The van der Waals surface area contributed by atoms with Gasteiger partial charge in [0.25, 0.3) is 0 Å². The van der Waals surface area contributed by atoms with Crippen LogP contribution in [0.5, 0.6) is 0 Å². The lowest BCUT2D eigenvalue weighted by Gasteiger charge is -2.12. The standard InChI is InChI=1S/C15H17F3N2/c1-4-11(3)13-9-14(15(16,17)18)19-20(13)12-7-5-10(2)6-8-12/h5-9,11H,4H2,1-3H3. The summed E-state index contributed by atoms with van der Waals surface area (Å²) >= 11 is 0. The van der Waals surface area contributed by atoms with Crippen LogP contribution < -0.4 is 0 Å². The third-order valence-corrected chi connectivity index (χ3v) is 3.42. The van der Waals surface area contributed by atoms with Crippen molar-refractivity contribution in [1.29, 1.82) is 0 Å². The number of halogens is 3. The van der Waals surface area contributed by atoms with Gasteiger partial charge in [0.2, 0.25) is 0 Å². The first-order valence-electron chi connectivity index (χ1n) is 6.57. The highest BCUT2D eigenvalue weighted by atomic mass is 19.4. The van der Waals surface area contributed by atoms with Crippen molar-refractivity contribution in [3.63, 3.8) is 0 Å². The number of benzene rings is 1. The molecule has 0 fully saturated rings. The molecule has 0 saturated heterocycles. The second-order valence-corrected chi connectivity index (χ2v) is 5.01. The number of alkyl halides is 3. The van der Waals surface area contributed by atoms with Gasteiger partial charge in [0.15, 0.2) is 5.69 Å². The first kappa shape index (κ1) is 14.6. The van der Waals surface area contributed by atoms with E-state index in [-0.39, 0.29) is 5.92 Å². The van der Waals surface area contributed by atoms with E-state index < -0.39 is 11.9 Å². The number of hydrogen-bond acceptors (Lipinski definition) is 1. The lowest BCUT2D eigenvalue weighted by atomic mass is 10.0. The lowest BCUT2D eigenvalue weighted by molar-refractivity contribution is -0.141. The van der Waals surface area contributed by atoms with Gasteiger partial charge in [0.1, 0.15) is 0 Å². The maximum atomic E-state index is 12.9. The summed E-state index contributed by atoms with van der Waals surface area (Å²) < 4.78 is 40.0. The summed E-state index contributed by atoms with van der Waals surface area (Å²) in [5.74, 6) is 0.0138. The molecule has 2 aromatic rings. The number of hydrogen-bond donors (Lipinski definition) is 0. The van der Waals surface area contributed by atoms with E-state index in [0.29, 0.717) is 11.4 Å². The number of rotatable bonds is 3. The average molecular weight is 282 g/mol. The highest BCUT2D eigenvalue weighted by Crippen LogP contribution is 2.32. The second-order valence-electron chi connectivity index (χ2n) is 5.01. The summed E-state index contributed by atoms with van der Waals surface area (Å²) in [4.78, 5) is 0. The summed E-state index contributed by atoms with van der Waals surface area (Å²) in [7, 11) is 0. The fourth-order valence-electron chi connectivity index (χ4n) is 1.99. The minimum atomic E-state index is -4.42. The third-order valence-electron chi connectivity index (χ3n) is 3.42. The van der Waals surface area contributed by atoms with Gasteiger partial charge in [-0.1, -0.05) is 31.5 Å². The first-order valence-corrected chi connectivity index (χ1v) is 6.57. The topological polar surface area (TPSA) is 17.8 Å². The summed E-state index contributed by atoms with van der Waals surface area (Å²) in [6.45, 7) is 5.79. The summed E-state index contributed by atoms with van der Waals surface area (Å²) in [6.07, 6.45) is -3.66. The molecule has 0 saturated carbocycles.